The van der Waals surface area contributed by atoms with Crippen molar-refractivity contribution >= 4 is 17.0 Å². The lowest BCUT2D eigenvalue weighted by Crippen LogP contribution is -1.99. The second-order valence-corrected chi connectivity index (χ2v) is 3.84. The molecule has 0 aliphatic carbocycles. The molecule has 5 nitrogen and oxygen atoms in total. The van der Waals surface area contributed by atoms with Crippen molar-refractivity contribution in [3.8, 4) is 11.1 Å². The number of carboxylic acids is 1. The number of aromatic carboxylic acids is 1. The van der Waals surface area contributed by atoms with E-state index in [9.17, 15) is 4.79 Å². The van der Waals surface area contributed by atoms with Gasteiger partial charge in [-0.25, -0.2) is 14.8 Å². The Kier molecular flexibility index (Phi) is 2.30. The number of carbonyl (C=O) groups is 1. The zero-order valence-electron chi connectivity index (χ0n) is 9.29. The first-order valence-electron chi connectivity index (χ1n) is 5.37. The molecule has 3 aromatic rings. The normalized spacial score (nSPS) is 10.7. The third-order valence-electron chi connectivity index (χ3n) is 2.74. The van der Waals surface area contributed by atoms with Crippen LogP contribution in [0.5, 0.6) is 0 Å². The van der Waals surface area contributed by atoms with Gasteiger partial charge in [0.15, 0.2) is 0 Å². The summed E-state index contributed by atoms with van der Waals surface area (Å²) in [5.41, 5.74) is 2.54. The predicted molar refractivity (Wildman–Crippen MR) is 66.3 cm³/mol. The van der Waals surface area contributed by atoms with Gasteiger partial charge in [-0.15, -0.1) is 0 Å². The lowest BCUT2D eigenvalue weighted by atomic mass is 10.1. The van der Waals surface area contributed by atoms with Crippen LogP contribution in [0.15, 0.2) is 42.9 Å². The van der Waals surface area contributed by atoms with Gasteiger partial charge in [-0.3, -0.25) is 0 Å². The first-order chi connectivity index (χ1) is 8.75. The Balaban J connectivity index is 2.20. The van der Waals surface area contributed by atoms with E-state index in [0.29, 0.717) is 0 Å². The van der Waals surface area contributed by atoms with Gasteiger partial charge in [-0.05, 0) is 29.8 Å². The highest BCUT2D eigenvalue weighted by Gasteiger charge is 2.10. The highest BCUT2D eigenvalue weighted by molar-refractivity contribution is 5.95. The molecule has 3 aromatic heterocycles. The van der Waals surface area contributed by atoms with Crippen molar-refractivity contribution < 1.29 is 9.90 Å². The summed E-state index contributed by atoms with van der Waals surface area (Å²) < 4.78 is 0. The number of hydrogen-bond acceptors (Lipinski definition) is 3. The molecule has 0 aliphatic rings. The molecule has 0 bridgehead atoms. The second kappa shape index (κ2) is 3.96. The van der Waals surface area contributed by atoms with Crippen molar-refractivity contribution in [3.05, 3.63) is 48.5 Å². The fraction of sp³-hybridized carbons (Fsp3) is 0. The summed E-state index contributed by atoms with van der Waals surface area (Å²) >= 11 is 0. The van der Waals surface area contributed by atoms with Gasteiger partial charge in [0.05, 0.1) is 0 Å². The summed E-state index contributed by atoms with van der Waals surface area (Å²) in [5.74, 6) is -1.03. The van der Waals surface area contributed by atoms with Crippen molar-refractivity contribution in [2.75, 3.05) is 0 Å². The van der Waals surface area contributed by atoms with Crippen molar-refractivity contribution in [3.63, 3.8) is 0 Å². The molecule has 5 heteroatoms. The molecular formula is C13H9N3O2. The summed E-state index contributed by atoms with van der Waals surface area (Å²) in [4.78, 5) is 22.0. The average molecular weight is 239 g/mol. The molecule has 3 heterocycles. The van der Waals surface area contributed by atoms with Crippen molar-refractivity contribution in [1.29, 1.82) is 0 Å². The lowest BCUT2D eigenvalue weighted by molar-refractivity contribution is 0.0690. The first-order valence-corrected chi connectivity index (χ1v) is 5.37. The minimum Gasteiger partial charge on any atom is -0.477 e. The third-order valence-corrected chi connectivity index (χ3v) is 2.74. The smallest absolute Gasteiger partial charge is 0.354 e. The Bertz CT molecular complexity index is 734. The van der Waals surface area contributed by atoms with Crippen molar-refractivity contribution in [1.82, 2.24) is 15.0 Å². The van der Waals surface area contributed by atoms with Crippen LogP contribution in [0.3, 0.4) is 0 Å². The van der Waals surface area contributed by atoms with E-state index in [1.165, 1.54) is 6.20 Å². The van der Waals surface area contributed by atoms with E-state index in [1.54, 1.807) is 18.3 Å². The zero-order valence-corrected chi connectivity index (χ0v) is 9.29. The number of carboxylic acid groups (broad SMARTS) is 1. The van der Waals surface area contributed by atoms with Gasteiger partial charge in [-0.1, -0.05) is 0 Å². The summed E-state index contributed by atoms with van der Waals surface area (Å²) in [6.45, 7) is 0. The minimum atomic E-state index is -1.03. The van der Waals surface area contributed by atoms with E-state index < -0.39 is 5.97 Å². The van der Waals surface area contributed by atoms with Gasteiger partial charge < -0.3 is 10.1 Å². The first kappa shape index (κ1) is 10.5. The molecular weight excluding hydrogens is 230 g/mol. The summed E-state index contributed by atoms with van der Waals surface area (Å²) in [5, 5.41) is 9.90. The molecule has 0 aromatic carbocycles. The number of aromatic amines is 1. The summed E-state index contributed by atoms with van der Waals surface area (Å²) in [7, 11) is 0. The number of H-pyrrole nitrogens is 1. The van der Waals surface area contributed by atoms with E-state index >= 15 is 0 Å². The maximum Gasteiger partial charge on any atom is 0.354 e. The maximum atomic E-state index is 10.9. The standard InChI is InChI=1S/C13H9N3O2/c17-13(18)11-6-8(3-5-14-11)10-7-16-12-9(10)2-1-4-15-12/h1-7H,(H,15,16)(H,17,18). The van der Waals surface area contributed by atoms with Crippen LogP contribution in [0.1, 0.15) is 10.5 Å². The van der Waals surface area contributed by atoms with Crippen LogP contribution in [0.2, 0.25) is 0 Å². The molecule has 0 saturated carbocycles. The second-order valence-electron chi connectivity index (χ2n) is 3.84. The van der Waals surface area contributed by atoms with E-state index in [-0.39, 0.29) is 5.69 Å². The maximum absolute atomic E-state index is 10.9. The van der Waals surface area contributed by atoms with Crippen molar-refractivity contribution in [2.45, 2.75) is 0 Å². The SMILES string of the molecule is O=C(O)c1cc(-c2c[nH]c3ncccc23)ccn1. The van der Waals surface area contributed by atoms with Crippen LogP contribution in [0.25, 0.3) is 22.2 Å². The molecule has 0 fully saturated rings. The van der Waals surface area contributed by atoms with Gasteiger partial charge in [0.1, 0.15) is 11.3 Å². The quantitative estimate of drug-likeness (QED) is 0.719. The Morgan fingerprint density at radius 3 is 2.94 bits per heavy atom. The Morgan fingerprint density at radius 2 is 2.11 bits per heavy atom. The number of nitrogens with one attached hydrogen (secondary N) is 1. The fourth-order valence-electron chi connectivity index (χ4n) is 1.91. The molecule has 0 unspecified atom stereocenters. The van der Waals surface area contributed by atoms with Gasteiger partial charge >= 0.3 is 5.97 Å². The van der Waals surface area contributed by atoms with Gasteiger partial charge in [0.2, 0.25) is 0 Å². The van der Waals surface area contributed by atoms with Crippen LogP contribution < -0.4 is 0 Å². The van der Waals surface area contributed by atoms with Crippen molar-refractivity contribution in [2.24, 2.45) is 0 Å². The lowest BCUT2D eigenvalue weighted by Gasteiger charge is -2.00. The third kappa shape index (κ3) is 1.62. The molecule has 88 valence electrons. The number of aromatic nitrogens is 3. The Labute approximate surface area is 102 Å². The fourth-order valence-corrected chi connectivity index (χ4v) is 1.91. The molecule has 2 N–H and O–H groups in total. The molecule has 0 saturated heterocycles. The Morgan fingerprint density at radius 1 is 1.22 bits per heavy atom. The van der Waals surface area contributed by atoms with E-state index in [0.717, 1.165) is 22.2 Å². The average Bonchev–Trinajstić information content (AvgIpc) is 2.82. The number of nitrogens with zero attached hydrogens (tertiary/aromatic N) is 2. The van der Waals surface area contributed by atoms with E-state index in [2.05, 4.69) is 15.0 Å². The van der Waals surface area contributed by atoms with Gasteiger partial charge in [0, 0.05) is 29.5 Å². The minimum absolute atomic E-state index is 0.0331. The van der Waals surface area contributed by atoms with Crippen LogP contribution in [0.4, 0.5) is 0 Å². The molecule has 0 aliphatic heterocycles. The van der Waals surface area contributed by atoms with Crippen LogP contribution in [-0.4, -0.2) is 26.0 Å². The molecule has 0 spiro atoms. The van der Waals surface area contributed by atoms with E-state index in [1.807, 2.05) is 18.3 Å². The highest BCUT2D eigenvalue weighted by Crippen LogP contribution is 2.27. The predicted octanol–water partition coefficient (Wildman–Crippen LogP) is 2.32. The number of rotatable bonds is 2. The monoisotopic (exact) mass is 239 g/mol. The van der Waals surface area contributed by atoms with Gasteiger partial charge in [-0.2, -0.15) is 0 Å². The molecule has 0 amide bonds. The van der Waals surface area contributed by atoms with Gasteiger partial charge in [0.25, 0.3) is 0 Å². The molecule has 3 rings (SSSR count). The summed E-state index contributed by atoms with van der Waals surface area (Å²) in [6, 6.07) is 7.12. The van der Waals surface area contributed by atoms with Crippen LogP contribution >= 0.6 is 0 Å². The molecule has 0 atom stereocenters. The van der Waals surface area contributed by atoms with E-state index in [4.69, 9.17) is 5.11 Å². The molecule has 0 radical (unpaired) electrons. The topological polar surface area (TPSA) is 78.9 Å². The number of hydrogen-bond donors (Lipinski definition) is 2. The summed E-state index contributed by atoms with van der Waals surface area (Å²) in [6.07, 6.45) is 5.02. The largest absolute Gasteiger partial charge is 0.477 e. The zero-order chi connectivity index (χ0) is 12.5. The van der Waals surface area contributed by atoms with Crippen LogP contribution in [0, 0.1) is 0 Å². The Hall–Kier alpha value is -2.69. The van der Waals surface area contributed by atoms with Crippen LogP contribution in [-0.2, 0) is 0 Å². The number of pyridine rings is 2. The molecule has 18 heavy (non-hydrogen) atoms. The number of fused-ring (bicyclic) bond motifs is 1. The highest BCUT2D eigenvalue weighted by atomic mass is 16.4.